The van der Waals surface area contributed by atoms with Gasteiger partial charge in [-0.3, -0.25) is 4.79 Å². The predicted octanol–water partition coefficient (Wildman–Crippen LogP) is 4.96. The minimum absolute atomic E-state index is 0.0182. The lowest BCUT2D eigenvalue weighted by Gasteiger charge is -2.20. The van der Waals surface area contributed by atoms with E-state index in [4.69, 9.17) is 0 Å². The Kier molecular flexibility index (Phi) is 8.13. The average molecular weight is 547 g/mol. The molecular weight excluding hydrogens is 517 g/mol. The number of aliphatic hydroxyl groups is 1. The Balaban J connectivity index is 1.38. The highest BCUT2D eigenvalue weighted by Gasteiger charge is 2.31. The van der Waals surface area contributed by atoms with Gasteiger partial charge < -0.3 is 15.3 Å². The second-order valence-electron chi connectivity index (χ2n) is 9.28. The molecule has 1 aliphatic heterocycles. The van der Waals surface area contributed by atoms with Crippen LogP contribution in [0.25, 0.3) is 0 Å². The van der Waals surface area contributed by atoms with Crippen LogP contribution in [-0.2, 0) is 16.0 Å². The third kappa shape index (κ3) is 6.19. The third-order valence-electron chi connectivity index (χ3n) is 6.90. The number of hydrogen-bond acceptors (Lipinski definition) is 5. The van der Waals surface area contributed by atoms with Crippen LogP contribution in [0.3, 0.4) is 0 Å². The van der Waals surface area contributed by atoms with Gasteiger partial charge in [0.15, 0.2) is 9.84 Å². The van der Waals surface area contributed by atoms with Crippen molar-refractivity contribution in [2.24, 2.45) is 0 Å². The summed E-state index contributed by atoms with van der Waals surface area (Å²) in [7, 11) is -3.35. The maximum absolute atomic E-state index is 12.8. The molecule has 6 nitrogen and oxygen atoms in total. The highest BCUT2D eigenvalue weighted by molar-refractivity contribution is 7.91. The van der Waals surface area contributed by atoms with E-state index in [1.807, 2.05) is 12.1 Å². The zero-order chi connectivity index (χ0) is 27.5. The van der Waals surface area contributed by atoms with Crippen LogP contribution >= 0.6 is 0 Å². The molecule has 10 heteroatoms. The first-order valence-corrected chi connectivity index (χ1v) is 13.9. The summed E-state index contributed by atoms with van der Waals surface area (Å²) in [6.45, 7) is 2.61. The molecule has 0 radical (unpaired) electrons. The number of hydrogen-bond donors (Lipinski definition) is 2. The first-order valence-electron chi connectivity index (χ1n) is 12.3. The largest absolute Gasteiger partial charge is 0.416 e. The fraction of sp³-hybridized carbons (Fsp3) is 0.321. The van der Waals surface area contributed by atoms with E-state index in [2.05, 4.69) is 10.2 Å². The van der Waals surface area contributed by atoms with Gasteiger partial charge in [0, 0.05) is 30.3 Å². The molecule has 0 aliphatic carbocycles. The van der Waals surface area contributed by atoms with Crippen molar-refractivity contribution in [3.63, 3.8) is 0 Å². The first kappa shape index (κ1) is 27.7. The molecule has 202 valence electrons. The van der Waals surface area contributed by atoms with Gasteiger partial charge in [-0.1, -0.05) is 31.2 Å². The van der Waals surface area contributed by atoms with Gasteiger partial charge >= 0.3 is 6.18 Å². The van der Waals surface area contributed by atoms with Crippen molar-refractivity contribution in [3.05, 3.63) is 95.1 Å². The van der Waals surface area contributed by atoms with Crippen molar-refractivity contribution in [1.82, 2.24) is 5.32 Å². The number of anilines is 1. The summed E-state index contributed by atoms with van der Waals surface area (Å²) in [4.78, 5) is 15.1. The van der Waals surface area contributed by atoms with Gasteiger partial charge in [-0.15, -0.1) is 0 Å². The van der Waals surface area contributed by atoms with Gasteiger partial charge in [-0.05, 0) is 66.1 Å². The van der Waals surface area contributed by atoms with Crippen LogP contribution in [0.15, 0.2) is 77.7 Å². The predicted molar refractivity (Wildman–Crippen MR) is 139 cm³/mol. The molecule has 0 aromatic heterocycles. The summed E-state index contributed by atoms with van der Waals surface area (Å²) in [6.07, 6.45) is -3.54. The third-order valence-corrected chi connectivity index (χ3v) is 8.65. The van der Waals surface area contributed by atoms with Gasteiger partial charge in [-0.25, -0.2) is 8.42 Å². The van der Waals surface area contributed by atoms with Gasteiger partial charge in [-0.2, -0.15) is 13.2 Å². The highest BCUT2D eigenvalue weighted by atomic mass is 32.2. The van der Waals surface area contributed by atoms with E-state index in [9.17, 15) is 31.5 Å². The van der Waals surface area contributed by atoms with E-state index in [0.717, 1.165) is 36.3 Å². The van der Waals surface area contributed by atoms with Crippen LogP contribution in [0.2, 0.25) is 0 Å². The maximum atomic E-state index is 12.8. The van der Waals surface area contributed by atoms with E-state index in [1.54, 1.807) is 31.2 Å². The minimum atomic E-state index is -4.35. The summed E-state index contributed by atoms with van der Waals surface area (Å²) in [5.41, 5.74) is 2.10. The molecule has 0 spiro atoms. The summed E-state index contributed by atoms with van der Waals surface area (Å²) in [6, 6.07) is 17.7. The maximum Gasteiger partial charge on any atom is 0.416 e. The zero-order valence-electron chi connectivity index (χ0n) is 20.8. The molecule has 4 rings (SSSR count). The van der Waals surface area contributed by atoms with Crippen molar-refractivity contribution >= 4 is 21.4 Å². The fourth-order valence-corrected chi connectivity index (χ4v) is 5.47. The van der Waals surface area contributed by atoms with Crippen molar-refractivity contribution in [1.29, 1.82) is 0 Å². The Bertz CT molecular complexity index is 1360. The topological polar surface area (TPSA) is 86.7 Å². The van der Waals surface area contributed by atoms with Gasteiger partial charge in [0.1, 0.15) is 0 Å². The summed E-state index contributed by atoms with van der Waals surface area (Å²) in [5, 5.41) is 12.6. The molecule has 2 N–H and O–H groups in total. The van der Waals surface area contributed by atoms with Crippen molar-refractivity contribution in [2.75, 3.05) is 30.3 Å². The normalized spacial score (nSPS) is 16.9. The Morgan fingerprint density at radius 2 is 1.66 bits per heavy atom. The van der Waals surface area contributed by atoms with Crippen molar-refractivity contribution in [2.45, 2.75) is 36.4 Å². The van der Waals surface area contributed by atoms with Crippen LogP contribution in [0.1, 0.15) is 52.4 Å². The highest BCUT2D eigenvalue weighted by Crippen LogP contribution is 2.34. The lowest BCUT2D eigenvalue weighted by atomic mass is 9.97. The Labute approximate surface area is 220 Å². The van der Waals surface area contributed by atoms with Gasteiger partial charge in [0.05, 0.1) is 28.9 Å². The Morgan fingerprint density at radius 3 is 2.21 bits per heavy atom. The van der Waals surface area contributed by atoms with Crippen LogP contribution in [0.5, 0.6) is 0 Å². The average Bonchev–Trinajstić information content (AvgIpc) is 3.42. The summed E-state index contributed by atoms with van der Waals surface area (Å²) in [5.74, 6) is -0.287. The lowest BCUT2D eigenvalue weighted by molar-refractivity contribution is -0.137. The van der Waals surface area contributed by atoms with E-state index in [-0.39, 0.29) is 29.1 Å². The number of carbonyl (C=O) groups excluding carboxylic acids is 1. The molecule has 38 heavy (non-hydrogen) atoms. The number of halogens is 3. The van der Waals surface area contributed by atoms with Gasteiger partial charge in [0.25, 0.3) is 5.91 Å². The molecule has 1 unspecified atom stereocenters. The molecule has 2 atom stereocenters. The first-order chi connectivity index (χ1) is 18.0. The van der Waals surface area contributed by atoms with E-state index < -0.39 is 27.6 Å². The molecule has 1 heterocycles. The molecule has 0 saturated carbocycles. The summed E-state index contributed by atoms with van der Waals surface area (Å²) >= 11 is 0. The lowest BCUT2D eigenvalue weighted by Crippen LogP contribution is -2.30. The molecule has 3 aromatic carbocycles. The van der Waals surface area contributed by atoms with Crippen LogP contribution in [0.4, 0.5) is 18.9 Å². The molecule has 3 aromatic rings. The van der Waals surface area contributed by atoms with Crippen molar-refractivity contribution in [3.8, 4) is 0 Å². The number of carbonyl (C=O) groups is 1. The summed E-state index contributed by atoms with van der Waals surface area (Å²) < 4.78 is 62.6. The van der Waals surface area contributed by atoms with Crippen molar-refractivity contribution < 1.29 is 31.5 Å². The van der Waals surface area contributed by atoms with E-state index in [0.29, 0.717) is 17.7 Å². The minimum Gasteiger partial charge on any atom is -0.394 e. The Morgan fingerprint density at radius 1 is 1.03 bits per heavy atom. The van der Waals surface area contributed by atoms with Crippen LogP contribution in [-0.4, -0.2) is 44.9 Å². The van der Waals surface area contributed by atoms with Crippen LogP contribution < -0.4 is 10.2 Å². The second kappa shape index (κ2) is 11.2. The molecule has 1 aliphatic rings. The monoisotopic (exact) mass is 546 g/mol. The number of amides is 1. The van der Waals surface area contributed by atoms with E-state index >= 15 is 0 Å². The number of nitrogens with one attached hydrogen (secondary N) is 1. The zero-order valence-corrected chi connectivity index (χ0v) is 21.6. The van der Waals surface area contributed by atoms with Gasteiger partial charge in [0.2, 0.25) is 0 Å². The molecule has 1 amide bonds. The number of alkyl halides is 3. The number of aliphatic hydroxyl groups excluding tert-OH is 1. The quantitative estimate of drug-likeness (QED) is 0.417. The number of sulfone groups is 1. The number of nitrogens with zero attached hydrogens (tertiary/aromatic N) is 1. The standard InChI is InChI=1S/C28H29F3N2O4S/c1-2-38(36,37)25-13-7-20(8-14-25)26(18-34)32-27(35)21-5-11-24(12-6-21)33-16-15-22(17-33)19-3-9-23(10-4-19)28(29,30)31/h3-14,22,26,34H,2,15-18H2,1H3,(H,32,35)/t22?,26-/m0/s1. The SMILES string of the molecule is CCS(=O)(=O)c1ccc([C@H](CO)NC(=O)c2ccc(N3CCC(c4ccc(C(F)(F)F)cc4)C3)cc2)cc1. The smallest absolute Gasteiger partial charge is 0.394 e. The second-order valence-corrected chi connectivity index (χ2v) is 11.6. The van der Waals surface area contributed by atoms with Crippen LogP contribution in [0, 0.1) is 0 Å². The van der Waals surface area contributed by atoms with E-state index in [1.165, 1.54) is 24.3 Å². The molecule has 1 fully saturated rings. The Hall–Kier alpha value is -3.37. The number of rotatable bonds is 8. The molecular formula is C28H29F3N2O4S. The molecule has 1 saturated heterocycles. The fourth-order valence-electron chi connectivity index (χ4n) is 4.58. The number of benzene rings is 3. The molecule has 0 bridgehead atoms.